The highest BCUT2D eigenvalue weighted by atomic mass is 16.5. The van der Waals surface area contributed by atoms with Crippen LogP contribution in [0.4, 0.5) is 0 Å². The molecule has 0 aliphatic heterocycles. The Morgan fingerprint density at radius 3 is 2.68 bits per heavy atom. The van der Waals surface area contributed by atoms with Gasteiger partial charge in [-0.05, 0) is 19.1 Å². The lowest BCUT2D eigenvalue weighted by molar-refractivity contribution is -0.140. The maximum Gasteiger partial charge on any atom is 0.306 e. The summed E-state index contributed by atoms with van der Waals surface area (Å²) in [5.41, 5.74) is 0. The largest absolute Gasteiger partial charge is 0.481 e. The average Bonchev–Trinajstić information content (AvgIpc) is 2.84. The van der Waals surface area contributed by atoms with Crippen molar-refractivity contribution >= 4 is 11.9 Å². The van der Waals surface area contributed by atoms with E-state index in [1.54, 1.807) is 19.1 Å². The van der Waals surface area contributed by atoms with E-state index in [0.29, 0.717) is 13.0 Å². The monoisotopic (exact) mass is 269 g/mol. The summed E-state index contributed by atoms with van der Waals surface area (Å²) in [5, 5.41) is 11.3. The standard InChI is InChI=1S/C13H19NO5/c1-3-9-5-6-11(19-9)13(17)14-8-10(18-4-2)7-12(15)16/h5-6,10H,3-4,7-8H2,1-2H3,(H,14,17)(H,15,16). The van der Waals surface area contributed by atoms with Crippen LogP contribution >= 0.6 is 0 Å². The third-order valence-corrected chi connectivity index (χ3v) is 2.53. The minimum atomic E-state index is -0.959. The number of hydrogen-bond donors (Lipinski definition) is 2. The number of furan rings is 1. The number of carbonyl (C=O) groups excluding carboxylic acids is 1. The number of nitrogens with one attached hydrogen (secondary N) is 1. The lowest BCUT2D eigenvalue weighted by Crippen LogP contribution is -2.34. The molecule has 1 unspecified atom stereocenters. The van der Waals surface area contributed by atoms with Gasteiger partial charge in [-0.1, -0.05) is 6.92 Å². The first-order valence-corrected chi connectivity index (χ1v) is 6.27. The first kappa shape index (κ1) is 15.2. The van der Waals surface area contributed by atoms with Crippen molar-refractivity contribution in [1.29, 1.82) is 0 Å². The number of ether oxygens (including phenoxy) is 1. The van der Waals surface area contributed by atoms with Crippen molar-refractivity contribution < 1.29 is 23.8 Å². The molecule has 2 N–H and O–H groups in total. The Hall–Kier alpha value is -1.82. The molecule has 0 saturated carbocycles. The predicted molar refractivity (Wildman–Crippen MR) is 68.1 cm³/mol. The second kappa shape index (κ2) is 7.58. The average molecular weight is 269 g/mol. The first-order valence-electron chi connectivity index (χ1n) is 6.27. The van der Waals surface area contributed by atoms with E-state index in [2.05, 4.69) is 5.32 Å². The number of carbonyl (C=O) groups is 2. The fraction of sp³-hybridized carbons (Fsp3) is 0.538. The van der Waals surface area contributed by atoms with Crippen molar-refractivity contribution in [3.63, 3.8) is 0 Å². The molecule has 1 atom stereocenters. The van der Waals surface area contributed by atoms with E-state index >= 15 is 0 Å². The van der Waals surface area contributed by atoms with Gasteiger partial charge in [-0.25, -0.2) is 0 Å². The van der Waals surface area contributed by atoms with Crippen LogP contribution in [-0.4, -0.2) is 36.2 Å². The van der Waals surface area contributed by atoms with Gasteiger partial charge in [-0.2, -0.15) is 0 Å². The van der Waals surface area contributed by atoms with Crippen molar-refractivity contribution in [2.45, 2.75) is 32.8 Å². The van der Waals surface area contributed by atoms with Gasteiger partial charge in [-0.3, -0.25) is 9.59 Å². The smallest absolute Gasteiger partial charge is 0.306 e. The van der Waals surface area contributed by atoms with Gasteiger partial charge >= 0.3 is 5.97 Å². The highest BCUT2D eigenvalue weighted by Crippen LogP contribution is 2.08. The van der Waals surface area contributed by atoms with Gasteiger partial charge in [0.25, 0.3) is 5.91 Å². The summed E-state index contributed by atoms with van der Waals surface area (Å²) in [6.07, 6.45) is 0.0347. The Morgan fingerprint density at radius 1 is 1.42 bits per heavy atom. The maximum atomic E-state index is 11.8. The van der Waals surface area contributed by atoms with E-state index in [-0.39, 0.29) is 24.6 Å². The molecule has 1 amide bonds. The van der Waals surface area contributed by atoms with E-state index in [1.807, 2.05) is 6.92 Å². The molecule has 106 valence electrons. The summed E-state index contributed by atoms with van der Waals surface area (Å²) < 4.78 is 10.5. The number of aliphatic carboxylic acids is 1. The van der Waals surface area contributed by atoms with Gasteiger partial charge in [0.2, 0.25) is 0 Å². The highest BCUT2D eigenvalue weighted by Gasteiger charge is 2.16. The molecule has 0 radical (unpaired) electrons. The number of rotatable bonds is 8. The molecule has 6 nitrogen and oxygen atoms in total. The van der Waals surface area contributed by atoms with Crippen LogP contribution in [0.15, 0.2) is 16.5 Å². The Labute approximate surface area is 111 Å². The number of amides is 1. The van der Waals surface area contributed by atoms with Gasteiger partial charge in [0.05, 0.1) is 12.5 Å². The molecule has 0 spiro atoms. The van der Waals surface area contributed by atoms with E-state index in [0.717, 1.165) is 5.76 Å². The fourth-order valence-corrected chi connectivity index (χ4v) is 1.60. The molecule has 0 aromatic carbocycles. The number of carboxylic acid groups (broad SMARTS) is 1. The molecule has 19 heavy (non-hydrogen) atoms. The third-order valence-electron chi connectivity index (χ3n) is 2.53. The zero-order valence-corrected chi connectivity index (χ0v) is 11.1. The summed E-state index contributed by atoms with van der Waals surface area (Å²) in [4.78, 5) is 22.4. The van der Waals surface area contributed by atoms with Crippen LogP contribution in [-0.2, 0) is 16.0 Å². The highest BCUT2D eigenvalue weighted by molar-refractivity contribution is 5.91. The zero-order chi connectivity index (χ0) is 14.3. The third kappa shape index (κ3) is 5.13. The SMILES string of the molecule is CCOC(CNC(=O)c1ccc(CC)o1)CC(=O)O. The second-order valence-electron chi connectivity index (χ2n) is 4.00. The van der Waals surface area contributed by atoms with Crippen molar-refractivity contribution in [3.05, 3.63) is 23.7 Å². The molecule has 0 saturated heterocycles. The first-order chi connectivity index (χ1) is 9.06. The summed E-state index contributed by atoms with van der Waals surface area (Å²) in [6.45, 7) is 4.24. The van der Waals surface area contributed by atoms with Crippen LogP contribution in [0.1, 0.15) is 36.6 Å². The minimum absolute atomic E-state index is 0.140. The molecule has 1 aromatic heterocycles. The van der Waals surface area contributed by atoms with Crippen LogP contribution in [0.5, 0.6) is 0 Å². The van der Waals surface area contributed by atoms with Crippen LogP contribution in [0, 0.1) is 0 Å². The van der Waals surface area contributed by atoms with E-state index in [4.69, 9.17) is 14.3 Å². The summed E-state index contributed by atoms with van der Waals surface area (Å²) in [5.74, 6) is -0.367. The molecular formula is C13H19NO5. The van der Waals surface area contributed by atoms with Gasteiger partial charge in [0.1, 0.15) is 5.76 Å². The van der Waals surface area contributed by atoms with Crippen molar-refractivity contribution in [2.24, 2.45) is 0 Å². The minimum Gasteiger partial charge on any atom is -0.481 e. The van der Waals surface area contributed by atoms with E-state index in [1.165, 1.54) is 0 Å². The number of aryl methyl sites for hydroxylation is 1. The molecule has 0 bridgehead atoms. The quantitative estimate of drug-likeness (QED) is 0.745. The Morgan fingerprint density at radius 2 is 2.16 bits per heavy atom. The lowest BCUT2D eigenvalue weighted by atomic mass is 10.2. The van der Waals surface area contributed by atoms with Crippen LogP contribution in [0.2, 0.25) is 0 Å². The second-order valence-corrected chi connectivity index (χ2v) is 4.00. The van der Waals surface area contributed by atoms with E-state index in [9.17, 15) is 9.59 Å². The molecular weight excluding hydrogens is 250 g/mol. The molecule has 0 aliphatic carbocycles. The zero-order valence-electron chi connectivity index (χ0n) is 11.1. The molecule has 0 fully saturated rings. The fourth-order valence-electron chi connectivity index (χ4n) is 1.60. The predicted octanol–water partition coefficient (Wildman–Crippen LogP) is 1.45. The Bertz CT molecular complexity index is 426. The maximum absolute atomic E-state index is 11.8. The molecule has 1 rings (SSSR count). The topological polar surface area (TPSA) is 88.8 Å². The molecule has 6 heteroatoms. The summed E-state index contributed by atoms with van der Waals surface area (Å²) in [6, 6.07) is 3.34. The Balaban J connectivity index is 2.48. The molecule has 0 aliphatic rings. The molecule has 1 heterocycles. The van der Waals surface area contributed by atoms with Crippen LogP contribution in [0.25, 0.3) is 0 Å². The van der Waals surface area contributed by atoms with Gasteiger partial charge in [0, 0.05) is 19.6 Å². The van der Waals surface area contributed by atoms with E-state index < -0.39 is 12.1 Å². The van der Waals surface area contributed by atoms with Crippen LogP contribution < -0.4 is 5.32 Å². The van der Waals surface area contributed by atoms with Crippen molar-refractivity contribution in [1.82, 2.24) is 5.32 Å². The number of carboxylic acids is 1. The van der Waals surface area contributed by atoms with Crippen LogP contribution in [0.3, 0.4) is 0 Å². The number of hydrogen-bond acceptors (Lipinski definition) is 4. The normalized spacial score (nSPS) is 12.1. The lowest BCUT2D eigenvalue weighted by Gasteiger charge is -2.15. The Kier molecular flexibility index (Phi) is 6.08. The van der Waals surface area contributed by atoms with Gasteiger partial charge in [0.15, 0.2) is 5.76 Å². The van der Waals surface area contributed by atoms with Gasteiger partial charge < -0.3 is 19.6 Å². The van der Waals surface area contributed by atoms with Crippen molar-refractivity contribution in [3.8, 4) is 0 Å². The molecule has 1 aromatic rings. The summed E-state index contributed by atoms with van der Waals surface area (Å²) in [7, 11) is 0. The van der Waals surface area contributed by atoms with Gasteiger partial charge in [-0.15, -0.1) is 0 Å². The summed E-state index contributed by atoms with van der Waals surface area (Å²) >= 11 is 0. The van der Waals surface area contributed by atoms with Crippen molar-refractivity contribution in [2.75, 3.05) is 13.2 Å².